The van der Waals surface area contributed by atoms with Crippen molar-refractivity contribution in [3.63, 3.8) is 0 Å². The fraction of sp³-hybridized carbons (Fsp3) is 0.600. The minimum atomic E-state index is -0.818. The molecule has 0 radical (unpaired) electrons. The molecule has 1 aliphatic heterocycles. The number of aromatic nitrogens is 1. The average molecular weight is 996 g/mol. The number of morpholine rings is 1. The number of carbonyl (C=O) groups is 3. The largest absolute Gasteiger partial charge is 0.483 e. The van der Waals surface area contributed by atoms with Gasteiger partial charge in [-0.2, -0.15) is 0 Å². The fourth-order valence-electron chi connectivity index (χ4n) is 11.4. The number of thiazole rings is 1. The number of likely N-dealkylation sites (N-methyl/N-ethyl adjacent to an activating group) is 1. The summed E-state index contributed by atoms with van der Waals surface area (Å²) in [6, 6.07) is 1.01. The van der Waals surface area contributed by atoms with Gasteiger partial charge in [-0.15, -0.1) is 22.7 Å². The number of thiophene rings is 2. The SMILES string of the molecule is CC=CC1OCC(=O)N(C)/C1=C/C(=C/c1sc2c(c1C)CC(C(C)C1(C)CCc3sc(-c4sc(N(C5CCCCC5)C5CCCCC5)nc4CNS)c(C(=O)O)c3C1)CC2)CNS.O=CO. The van der Waals surface area contributed by atoms with Crippen molar-refractivity contribution in [3.8, 4) is 9.75 Å². The van der Waals surface area contributed by atoms with E-state index < -0.39 is 5.97 Å². The monoisotopic (exact) mass is 995 g/mol. The molecule has 3 fully saturated rings. The Balaban J connectivity index is 0.00000210. The molecule has 4 heterocycles. The van der Waals surface area contributed by atoms with Crippen molar-refractivity contribution in [2.75, 3.05) is 25.1 Å². The van der Waals surface area contributed by atoms with Gasteiger partial charge >= 0.3 is 5.97 Å². The van der Waals surface area contributed by atoms with Crippen molar-refractivity contribution in [1.29, 1.82) is 0 Å². The summed E-state index contributed by atoms with van der Waals surface area (Å²) >= 11 is 14.2. The van der Waals surface area contributed by atoms with Crippen molar-refractivity contribution < 1.29 is 29.3 Å². The lowest BCUT2D eigenvalue weighted by molar-refractivity contribution is -0.139. The number of nitrogens with one attached hydrogen (secondary N) is 2. The first-order valence-electron chi connectivity index (χ1n) is 23.9. The lowest BCUT2D eigenvalue weighted by Crippen LogP contribution is -2.45. The van der Waals surface area contributed by atoms with Crippen molar-refractivity contribution >= 4 is 89.2 Å². The molecule has 66 heavy (non-hydrogen) atoms. The lowest BCUT2D eigenvalue weighted by Gasteiger charge is -2.44. The number of anilines is 1. The molecule has 4 N–H and O–H groups in total. The van der Waals surface area contributed by atoms with Gasteiger partial charge in [0.2, 0.25) is 0 Å². The molecule has 1 saturated heterocycles. The zero-order valence-corrected chi connectivity index (χ0v) is 43.4. The molecule has 3 aromatic heterocycles. The van der Waals surface area contributed by atoms with E-state index in [2.05, 4.69) is 72.9 Å². The summed E-state index contributed by atoms with van der Waals surface area (Å²) in [7, 11) is 1.82. The molecule has 5 aliphatic rings. The second-order valence-corrected chi connectivity index (χ2v) is 23.0. The van der Waals surface area contributed by atoms with E-state index in [1.54, 1.807) is 27.6 Å². The number of aryl methyl sites for hydroxylation is 2. The van der Waals surface area contributed by atoms with Crippen molar-refractivity contribution in [2.24, 2.45) is 17.3 Å². The third kappa shape index (κ3) is 11.1. The number of allylic oxidation sites excluding steroid dienone is 1. The van der Waals surface area contributed by atoms with Gasteiger partial charge in [-0.1, -0.05) is 101 Å². The first kappa shape index (κ1) is 50.9. The first-order valence-corrected chi connectivity index (χ1v) is 27.2. The van der Waals surface area contributed by atoms with E-state index in [1.165, 1.54) is 90.0 Å². The molecular formula is C50H69N5O6S5. The molecule has 11 nitrogen and oxygen atoms in total. The Morgan fingerprint density at radius 3 is 2.29 bits per heavy atom. The zero-order valence-electron chi connectivity index (χ0n) is 39.2. The number of rotatable bonds is 14. The normalized spacial score (nSPS) is 24.2. The first-order chi connectivity index (χ1) is 31.9. The molecule has 3 aromatic rings. The molecule has 4 aliphatic carbocycles. The van der Waals surface area contributed by atoms with E-state index in [9.17, 15) is 14.7 Å². The molecule has 8 rings (SSSR count). The molecule has 0 bridgehead atoms. The number of carboxylic acids is 1. The van der Waals surface area contributed by atoms with Gasteiger partial charge in [0.05, 0.1) is 26.7 Å². The van der Waals surface area contributed by atoms with Gasteiger partial charge in [0.15, 0.2) is 5.13 Å². The third-order valence-corrected chi connectivity index (χ3v) is 19.5. The summed E-state index contributed by atoms with van der Waals surface area (Å²) < 4.78 is 12.0. The summed E-state index contributed by atoms with van der Waals surface area (Å²) in [5, 5.41) is 19.0. The number of fused-ring (bicyclic) bond motifs is 2. The van der Waals surface area contributed by atoms with Crippen LogP contribution in [0.5, 0.6) is 0 Å². The second-order valence-electron chi connectivity index (χ2n) is 19.2. The molecule has 360 valence electrons. The Labute approximate surface area is 414 Å². The number of carboxylic acid groups (broad SMARTS) is 2. The summed E-state index contributed by atoms with van der Waals surface area (Å²) in [6.07, 6.45) is 26.5. The minimum Gasteiger partial charge on any atom is -0.483 e. The van der Waals surface area contributed by atoms with E-state index in [0.29, 0.717) is 42.6 Å². The van der Waals surface area contributed by atoms with Crippen LogP contribution in [0.1, 0.15) is 145 Å². The number of thiol groups is 2. The number of hydrogen-bond donors (Lipinski definition) is 6. The standard InChI is InChI=1S/C49H67N5O4S5.CH2O2/c1-6-13-39-38(53(5)43(55)28-58-39)22-31(26-50-59)23-42-29(2)35-24-32(18-19-40(35)61-42)30(3)49(4)21-20-41-36(25-49)44(47(56)57)46(62-41)45-37(27-51-60)52-48(63-45)54(33-14-9-7-10-15-33)34-16-11-8-12-17-34;2-1-3/h6,13,22-23,30,32-34,39,50-51,59-60H,7-12,14-21,24-28H2,1-5H3,(H,56,57);1H,(H,2,3)/b13-6?,31-23-,38-22+;. The average Bonchev–Trinajstić information content (AvgIpc) is 3.99. The molecule has 1 amide bonds. The molecule has 4 unspecified atom stereocenters. The smallest absolute Gasteiger partial charge is 0.337 e. The Hall–Kier alpha value is -2.96. The Kier molecular flexibility index (Phi) is 17.8. The summed E-state index contributed by atoms with van der Waals surface area (Å²) in [6.45, 7) is 9.97. The van der Waals surface area contributed by atoms with Crippen LogP contribution in [0.15, 0.2) is 29.5 Å². The van der Waals surface area contributed by atoms with Crippen LogP contribution in [0.2, 0.25) is 0 Å². The number of hydrogen-bond acceptors (Lipinski definition) is 13. The Morgan fingerprint density at radius 1 is 1.00 bits per heavy atom. The van der Waals surface area contributed by atoms with E-state index in [-0.39, 0.29) is 30.5 Å². The van der Waals surface area contributed by atoms with Gasteiger partial charge in [0, 0.05) is 46.9 Å². The predicted molar refractivity (Wildman–Crippen MR) is 277 cm³/mol. The molecule has 16 heteroatoms. The van der Waals surface area contributed by atoms with Crippen LogP contribution in [0, 0.1) is 24.2 Å². The Bertz CT molecular complexity index is 2270. The van der Waals surface area contributed by atoms with Crippen molar-refractivity contribution in [3.05, 3.63) is 72.1 Å². The van der Waals surface area contributed by atoms with E-state index in [4.69, 9.17) is 19.6 Å². The second kappa shape index (κ2) is 23.1. The highest BCUT2D eigenvalue weighted by atomic mass is 32.1. The minimum absolute atomic E-state index is 0.0237. The van der Waals surface area contributed by atoms with Crippen molar-refractivity contribution in [2.45, 2.75) is 155 Å². The van der Waals surface area contributed by atoms with Gasteiger partial charge in [0.25, 0.3) is 12.4 Å². The topological polar surface area (TPSA) is 144 Å². The summed E-state index contributed by atoms with van der Waals surface area (Å²) in [5.41, 5.74) is 7.14. The highest BCUT2D eigenvalue weighted by Gasteiger charge is 2.43. The van der Waals surface area contributed by atoms with Gasteiger partial charge in [0.1, 0.15) is 12.7 Å². The van der Waals surface area contributed by atoms with Crippen molar-refractivity contribution in [1.82, 2.24) is 19.3 Å². The van der Waals surface area contributed by atoms with Crippen LogP contribution >= 0.6 is 59.6 Å². The number of ether oxygens (including phenoxy) is 1. The number of carbonyl (C=O) groups excluding carboxylic acids is 1. The van der Waals surface area contributed by atoms with Crippen LogP contribution in [-0.2, 0) is 46.6 Å². The number of nitrogens with zero attached hydrogens (tertiary/aromatic N) is 3. The van der Waals surface area contributed by atoms with E-state index in [1.807, 2.05) is 37.5 Å². The highest BCUT2D eigenvalue weighted by molar-refractivity contribution is 7.78. The van der Waals surface area contributed by atoms with Gasteiger partial charge in [-0.25, -0.2) is 9.78 Å². The van der Waals surface area contributed by atoms with Gasteiger partial charge in [-0.3, -0.25) is 19.0 Å². The molecule has 0 aromatic carbocycles. The molecule has 0 spiro atoms. The van der Waals surface area contributed by atoms with E-state index >= 15 is 0 Å². The zero-order chi connectivity index (χ0) is 47.1. The molecule has 4 atom stereocenters. The van der Waals surface area contributed by atoms with Crippen LogP contribution in [0.4, 0.5) is 5.13 Å². The molecular weight excluding hydrogens is 927 g/mol. The van der Waals surface area contributed by atoms with Crippen LogP contribution in [0.3, 0.4) is 0 Å². The lowest BCUT2D eigenvalue weighted by atomic mass is 9.61. The van der Waals surface area contributed by atoms with Crippen LogP contribution < -0.4 is 14.3 Å². The van der Waals surface area contributed by atoms with Gasteiger partial charge in [-0.05, 0) is 130 Å². The maximum atomic E-state index is 13.5. The predicted octanol–water partition coefficient (Wildman–Crippen LogP) is 11.1. The number of amides is 1. The van der Waals surface area contributed by atoms with Crippen LogP contribution in [0.25, 0.3) is 15.8 Å². The quantitative estimate of drug-likeness (QED) is 0.0525. The summed E-state index contributed by atoms with van der Waals surface area (Å²) in [4.78, 5) is 50.1. The Morgan fingerprint density at radius 2 is 1.67 bits per heavy atom. The highest BCUT2D eigenvalue weighted by Crippen LogP contribution is 2.53. The van der Waals surface area contributed by atoms with E-state index in [0.717, 1.165) is 75.9 Å². The maximum Gasteiger partial charge on any atom is 0.337 e. The van der Waals surface area contributed by atoms with Crippen LogP contribution in [-0.4, -0.2) is 76.8 Å². The third-order valence-electron chi connectivity index (χ3n) is 15.3. The number of aromatic carboxylic acids is 1. The fourth-order valence-corrected chi connectivity index (χ4v) is 15.8. The molecule has 2 saturated carbocycles. The van der Waals surface area contributed by atoms with Gasteiger partial charge < -0.3 is 24.7 Å². The maximum absolute atomic E-state index is 13.5. The summed E-state index contributed by atoms with van der Waals surface area (Å²) in [5.74, 6) is 0.0453.